The molecule has 18 heavy (non-hydrogen) atoms. The number of fused-ring (bicyclic) bond motifs is 1. The first-order valence-corrected chi connectivity index (χ1v) is 6.39. The molecule has 0 saturated heterocycles. The Morgan fingerprint density at radius 1 is 1.28 bits per heavy atom. The molecule has 0 bridgehead atoms. The van der Waals surface area contributed by atoms with Crippen LogP contribution in [0.3, 0.4) is 0 Å². The van der Waals surface area contributed by atoms with Crippen molar-refractivity contribution >= 4 is 22.3 Å². The number of thiophene rings is 1. The molecule has 1 aromatic carbocycles. The zero-order valence-corrected chi connectivity index (χ0v) is 10.2. The summed E-state index contributed by atoms with van der Waals surface area (Å²) in [4.78, 5) is 0. The predicted octanol–water partition coefficient (Wildman–Crippen LogP) is 3.19. The number of hydrogen-bond donors (Lipinski definition) is 2. The summed E-state index contributed by atoms with van der Waals surface area (Å²) in [6, 6.07) is 8.01. The Labute approximate surface area is 107 Å². The van der Waals surface area contributed by atoms with Crippen molar-refractivity contribution in [3.05, 3.63) is 58.2 Å². The fourth-order valence-corrected chi connectivity index (χ4v) is 2.64. The highest BCUT2D eigenvalue weighted by atomic mass is 32.1. The Kier molecular flexibility index (Phi) is 2.87. The molecule has 1 atom stereocenters. The van der Waals surface area contributed by atoms with Gasteiger partial charge in [-0.2, -0.15) is 11.3 Å². The number of benzene rings is 1. The topological polar surface area (TPSA) is 51.2 Å². The van der Waals surface area contributed by atoms with Crippen LogP contribution >= 0.6 is 11.3 Å². The summed E-state index contributed by atoms with van der Waals surface area (Å²) in [5, 5.41) is 4.71. The number of halogens is 1. The molecule has 0 saturated carbocycles. The summed E-state index contributed by atoms with van der Waals surface area (Å²) in [5.41, 5.74) is 4.40. The average Bonchev–Trinajstić information content (AvgIpc) is 2.98. The largest absolute Gasteiger partial charge is 0.459 e. The van der Waals surface area contributed by atoms with Crippen LogP contribution in [0.5, 0.6) is 0 Å². The molecule has 0 spiro atoms. The fourth-order valence-electron chi connectivity index (χ4n) is 1.96. The van der Waals surface area contributed by atoms with Crippen molar-refractivity contribution in [2.24, 2.45) is 5.84 Å². The van der Waals surface area contributed by atoms with Gasteiger partial charge in [0.15, 0.2) is 0 Å². The van der Waals surface area contributed by atoms with Gasteiger partial charge in [-0.05, 0) is 46.7 Å². The Morgan fingerprint density at radius 2 is 2.17 bits per heavy atom. The average molecular weight is 262 g/mol. The lowest BCUT2D eigenvalue weighted by atomic mass is 10.1. The van der Waals surface area contributed by atoms with Crippen molar-refractivity contribution in [3.63, 3.8) is 0 Å². The number of hydrogen-bond acceptors (Lipinski definition) is 4. The number of nitrogens with one attached hydrogen (secondary N) is 1. The molecule has 0 amide bonds. The van der Waals surface area contributed by atoms with E-state index in [1.165, 1.54) is 12.1 Å². The molecule has 2 heterocycles. The maximum Gasteiger partial charge on any atom is 0.134 e. The Morgan fingerprint density at radius 3 is 2.89 bits per heavy atom. The van der Waals surface area contributed by atoms with Crippen LogP contribution in [-0.4, -0.2) is 0 Å². The van der Waals surface area contributed by atoms with Crippen LogP contribution in [-0.2, 0) is 0 Å². The molecule has 1 unspecified atom stereocenters. The molecule has 2 aromatic heterocycles. The minimum Gasteiger partial charge on any atom is -0.459 e. The quantitative estimate of drug-likeness (QED) is 0.563. The molecule has 0 aliphatic carbocycles. The lowest BCUT2D eigenvalue weighted by Crippen LogP contribution is -2.28. The first-order valence-electron chi connectivity index (χ1n) is 5.45. The first kappa shape index (κ1) is 11.4. The number of hydrazine groups is 1. The molecule has 0 fully saturated rings. The van der Waals surface area contributed by atoms with Crippen molar-refractivity contribution in [2.45, 2.75) is 6.04 Å². The van der Waals surface area contributed by atoms with Crippen LogP contribution in [0.15, 0.2) is 45.5 Å². The van der Waals surface area contributed by atoms with Gasteiger partial charge in [-0.15, -0.1) is 0 Å². The van der Waals surface area contributed by atoms with Gasteiger partial charge < -0.3 is 4.42 Å². The number of furan rings is 1. The molecule has 0 aliphatic heterocycles. The van der Waals surface area contributed by atoms with Gasteiger partial charge in [-0.3, -0.25) is 5.84 Å². The SMILES string of the molecule is NNC(c1ccsc1)c1cc2cc(F)ccc2o1. The monoisotopic (exact) mass is 262 g/mol. The van der Waals surface area contributed by atoms with Crippen LogP contribution in [0.25, 0.3) is 11.0 Å². The van der Waals surface area contributed by atoms with Crippen molar-refractivity contribution in [2.75, 3.05) is 0 Å². The van der Waals surface area contributed by atoms with E-state index in [0.29, 0.717) is 11.3 Å². The van der Waals surface area contributed by atoms with Crippen molar-refractivity contribution in [1.29, 1.82) is 0 Å². The number of rotatable bonds is 3. The third-order valence-corrected chi connectivity index (χ3v) is 3.53. The summed E-state index contributed by atoms with van der Waals surface area (Å²) in [7, 11) is 0. The van der Waals surface area contributed by atoms with E-state index in [9.17, 15) is 4.39 Å². The van der Waals surface area contributed by atoms with Crippen LogP contribution in [0.2, 0.25) is 0 Å². The second-order valence-corrected chi connectivity index (χ2v) is 4.77. The summed E-state index contributed by atoms with van der Waals surface area (Å²) in [6.07, 6.45) is 0. The second kappa shape index (κ2) is 4.53. The molecule has 0 radical (unpaired) electrons. The van der Waals surface area contributed by atoms with Gasteiger partial charge >= 0.3 is 0 Å². The van der Waals surface area contributed by atoms with E-state index in [0.717, 1.165) is 10.9 Å². The zero-order valence-electron chi connectivity index (χ0n) is 9.39. The van der Waals surface area contributed by atoms with Crippen molar-refractivity contribution < 1.29 is 8.81 Å². The van der Waals surface area contributed by atoms with Gasteiger partial charge in [0, 0.05) is 5.39 Å². The summed E-state index contributed by atoms with van der Waals surface area (Å²) in [6.45, 7) is 0. The van der Waals surface area contributed by atoms with Crippen molar-refractivity contribution in [3.8, 4) is 0 Å². The van der Waals surface area contributed by atoms with Crippen molar-refractivity contribution in [1.82, 2.24) is 5.43 Å². The van der Waals surface area contributed by atoms with E-state index in [1.54, 1.807) is 23.5 Å². The molecule has 3 N–H and O–H groups in total. The third kappa shape index (κ3) is 1.92. The fraction of sp³-hybridized carbons (Fsp3) is 0.0769. The summed E-state index contributed by atoms with van der Waals surface area (Å²) in [5.74, 6) is 5.97. The molecular weight excluding hydrogens is 251 g/mol. The highest BCUT2D eigenvalue weighted by Gasteiger charge is 2.17. The Balaban J connectivity index is 2.07. The first-order chi connectivity index (χ1) is 8.78. The molecule has 3 aromatic rings. The minimum atomic E-state index is -0.275. The van der Waals surface area contributed by atoms with E-state index < -0.39 is 0 Å². The standard InChI is InChI=1S/C13H11FN2OS/c14-10-1-2-11-9(5-10)6-12(17-11)13(16-15)8-3-4-18-7-8/h1-7,13,16H,15H2. The smallest absolute Gasteiger partial charge is 0.134 e. The van der Waals surface area contributed by atoms with Gasteiger partial charge in [0.05, 0.1) is 0 Å². The lowest BCUT2D eigenvalue weighted by molar-refractivity contribution is 0.478. The Bertz CT molecular complexity index is 663. The van der Waals surface area contributed by atoms with Gasteiger partial charge in [0.1, 0.15) is 23.2 Å². The second-order valence-electron chi connectivity index (χ2n) is 3.99. The van der Waals surface area contributed by atoms with Gasteiger partial charge in [-0.25, -0.2) is 9.82 Å². The maximum atomic E-state index is 13.1. The van der Waals surface area contributed by atoms with Gasteiger partial charge in [-0.1, -0.05) is 0 Å². The van der Waals surface area contributed by atoms with E-state index in [4.69, 9.17) is 10.3 Å². The lowest BCUT2D eigenvalue weighted by Gasteiger charge is -2.10. The maximum absolute atomic E-state index is 13.1. The van der Waals surface area contributed by atoms with E-state index >= 15 is 0 Å². The van der Waals surface area contributed by atoms with Crippen LogP contribution in [0, 0.1) is 5.82 Å². The predicted molar refractivity (Wildman–Crippen MR) is 69.7 cm³/mol. The van der Waals surface area contributed by atoms with Crippen LogP contribution in [0.1, 0.15) is 17.4 Å². The molecule has 5 heteroatoms. The number of nitrogens with two attached hydrogens (primary N) is 1. The summed E-state index contributed by atoms with van der Waals surface area (Å²) < 4.78 is 18.8. The zero-order chi connectivity index (χ0) is 12.5. The Hall–Kier alpha value is -1.69. The molecule has 92 valence electrons. The summed E-state index contributed by atoms with van der Waals surface area (Å²) >= 11 is 1.59. The normalized spacial score (nSPS) is 13.0. The van der Waals surface area contributed by atoms with Crippen LogP contribution in [0.4, 0.5) is 4.39 Å². The van der Waals surface area contributed by atoms with Gasteiger partial charge in [0.25, 0.3) is 0 Å². The highest BCUT2D eigenvalue weighted by Crippen LogP contribution is 2.29. The molecular formula is C13H11FN2OS. The molecule has 3 rings (SSSR count). The van der Waals surface area contributed by atoms with Gasteiger partial charge in [0.2, 0.25) is 0 Å². The highest BCUT2D eigenvalue weighted by molar-refractivity contribution is 7.08. The third-order valence-electron chi connectivity index (χ3n) is 2.83. The van der Waals surface area contributed by atoms with E-state index in [2.05, 4.69) is 5.43 Å². The van der Waals surface area contributed by atoms with E-state index in [1.807, 2.05) is 16.8 Å². The molecule has 3 nitrogen and oxygen atoms in total. The van der Waals surface area contributed by atoms with E-state index in [-0.39, 0.29) is 11.9 Å². The van der Waals surface area contributed by atoms with Crippen LogP contribution < -0.4 is 11.3 Å². The molecule has 0 aliphatic rings. The minimum absolute atomic E-state index is 0.216.